The SMILES string of the molecule is O=C1CCC(N2C(=O)c3ccc(N4CCN(CC5CCN(c6ccc(C(=O)Nc7n[nH]c8ccc(Cc9cc(F)cc(F)c9)cc78)c(NC7CCOCC7)c6)CC5)CC4)cc3C2=O)C(=O)N1. The number of piperidine rings is 2. The van der Waals surface area contributed by atoms with Crippen LogP contribution in [0.4, 0.5) is 31.7 Å². The summed E-state index contributed by atoms with van der Waals surface area (Å²) in [5.41, 5.74) is 5.77. The van der Waals surface area contributed by atoms with E-state index in [0.29, 0.717) is 53.4 Å². The summed E-state index contributed by atoms with van der Waals surface area (Å²) in [5.74, 6) is -2.70. The molecule has 10 rings (SSSR count). The lowest BCUT2D eigenvalue weighted by Crippen LogP contribution is -2.54. The fourth-order valence-electron chi connectivity index (χ4n) is 10.1. The second kappa shape index (κ2) is 18.3. The lowest BCUT2D eigenvalue weighted by molar-refractivity contribution is -0.136. The number of anilines is 4. The molecule has 4 fully saturated rings. The van der Waals surface area contributed by atoms with Crippen molar-refractivity contribution in [3.8, 4) is 0 Å². The molecule has 5 aromatic rings. The summed E-state index contributed by atoms with van der Waals surface area (Å²) in [6, 6.07) is 19.5. The first-order valence-electron chi connectivity index (χ1n) is 22.8. The quantitative estimate of drug-likeness (QED) is 0.120. The Kier molecular flexibility index (Phi) is 12.0. The van der Waals surface area contributed by atoms with Crippen molar-refractivity contribution in [3.63, 3.8) is 0 Å². The molecule has 4 aromatic carbocycles. The Balaban J connectivity index is 0.756. The number of aromatic nitrogens is 2. The van der Waals surface area contributed by atoms with Crippen molar-refractivity contribution in [2.24, 2.45) is 5.92 Å². The van der Waals surface area contributed by atoms with Gasteiger partial charge in [0.15, 0.2) is 5.82 Å². The standard InChI is InChI=1S/C49H51F2N9O6/c50-32-22-31(23-33(51)25-32)21-30-1-6-41-40(24-30)45(56-55-41)54-46(62)38-5-3-36(27-42(38)52-34-11-19-66-20-12-34)58-13-9-29(10-14-58)28-57-15-17-59(18-16-57)35-2-4-37-39(26-35)49(65)60(48(37)64)43-7-8-44(61)53-47(43)63/h1-6,22-27,29,34,43,52H,7-21,28H2,(H,53,61,63)(H2,54,55,56,62). The normalized spacial score (nSPS) is 20.0. The molecule has 15 nitrogen and oxygen atoms in total. The molecule has 17 heteroatoms. The van der Waals surface area contributed by atoms with Gasteiger partial charge in [-0.25, -0.2) is 8.78 Å². The number of ether oxygens (including phenoxy) is 1. The largest absolute Gasteiger partial charge is 0.381 e. The van der Waals surface area contributed by atoms with E-state index in [1.165, 1.54) is 12.1 Å². The number of piperazine rings is 1. The molecule has 1 atom stereocenters. The number of rotatable bonds is 11. The van der Waals surface area contributed by atoms with E-state index in [1.807, 2.05) is 36.4 Å². The maximum Gasteiger partial charge on any atom is 0.262 e. The van der Waals surface area contributed by atoms with Crippen LogP contribution in [-0.4, -0.2) is 121 Å². The molecule has 5 aliphatic rings. The van der Waals surface area contributed by atoms with Gasteiger partial charge in [0.25, 0.3) is 17.7 Å². The number of hydrogen-bond donors (Lipinski definition) is 4. The van der Waals surface area contributed by atoms with E-state index in [9.17, 15) is 32.8 Å². The summed E-state index contributed by atoms with van der Waals surface area (Å²) >= 11 is 0. The first-order valence-corrected chi connectivity index (χ1v) is 22.8. The van der Waals surface area contributed by atoms with Crippen molar-refractivity contribution >= 4 is 63.3 Å². The Morgan fingerprint density at radius 2 is 1.45 bits per heavy atom. The van der Waals surface area contributed by atoms with Gasteiger partial charge >= 0.3 is 0 Å². The highest BCUT2D eigenvalue weighted by Gasteiger charge is 2.45. The van der Waals surface area contributed by atoms with Gasteiger partial charge in [0.2, 0.25) is 11.8 Å². The van der Waals surface area contributed by atoms with Gasteiger partial charge in [-0.15, -0.1) is 0 Å². The number of amides is 5. The number of halogens is 2. The fourth-order valence-corrected chi connectivity index (χ4v) is 10.1. The second-order valence-electron chi connectivity index (χ2n) is 18.0. The summed E-state index contributed by atoms with van der Waals surface area (Å²) in [7, 11) is 0. The zero-order valence-electron chi connectivity index (χ0n) is 36.4. The highest BCUT2D eigenvalue weighted by atomic mass is 19.1. The Morgan fingerprint density at radius 1 is 0.742 bits per heavy atom. The molecule has 0 saturated carbocycles. The van der Waals surface area contributed by atoms with E-state index in [0.717, 1.165) is 111 Å². The highest BCUT2D eigenvalue weighted by Crippen LogP contribution is 2.34. The molecular formula is C49H51F2N9O6. The van der Waals surface area contributed by atoms with Crippen LogP contribution in [0.25, 0.3) is 10.9 Å². The van der Waals surface area contributed by atoms with E-state index in [4.69, 9.17) is 4.74 Å². The summed E-state index contributed by atoms with van der Waals surface area (Å²) in [6.45, 7) is 7.33. The molecule has 66 heavy (non-hydrogen) atoms. The number of imide groups is 2. The predicted molar refractivity (Wildman–Crippen MR) is 244 cm³/mol. The Labute approximate surface area is 379 Å². The van der Waals surface area contributed by atoms with Gasteiger partial charge in [0.05, 0.1) is 22.2 Å². The molecule has 1 unspecified atom stereocenters. The maximum atomic E-state index is 14.1. The van der Waals surface area contributed by atoms with Crippen LogP contribution >= 0.6 is 0 Å². The van der Waals surface area contributed by atoms with Crippen LogP contribution in [0.3, 0.4) is 0 Å². The Bertz CT molecular complexity index is 2700. The number of hydrogen-bond acceptors (Lipinski definition) is 11. The third kappa shape index (κ3) is 8.96. The molecule has 4 saturated heterocycles. The summed E-state index contributed by atoms with van der Waals surface area (Å²) in [4.78, 5) is 73.0. The number of carbonyl (C=O) groups excluding carboxylic acids is 5. The topological polar surface area (TPSA) is 172 Å². The number of fused-ring (bicyclic) bond motifs is 2. The average Bonchev–Trinajstić information content (AvgIpc) is 3.82. The zero-order valence-corrected chi connectivity index (χ0v) is 36.4. The monoisotopic (exact) mass is 899 g/mol. The summed E-state index contributed by atoms with van der Waals surface area (Å²) in [5, 5.41) is 17.0. The molecule has 0 radical (unpaired) electrons. The van der Waals surface area contributed by atoms with Crippen LogP contribution < -0.4 is 25.8 Å². The van der Waals surface area contributed by atoms with Gasteiger partial charge in [0, 0.05) is 100 Å². The van der Waals surface area contributed by atoms with E-state index in [2.05, 4.69) is 46.9 Å². The average molecular weight is 900 g/mol. The number of carbonyl (C=O) groups is 5. The van der Waals surface area contributed by atoms with Gasteiger partial charge in [-0.2, -0.15) is 5.10 Å². The van der Waals surface area contributed by atoms with Gasteiger partial charge < -0.3 is 25.2 Å². The minimum atomic E-state index is -0.991. The zero-order chi connectivity index (χ0) is 45.5. The fraction of sp³-hybridized carbons (Fsp3) is 0.388. The van der Waals surface area contributed by atoms with E-state index >= 15 is 0 Å². The number of H-pyrrole nitrogens is 1. The van der Waals surface area contributed by atoms with Gasteiger partial charge in [0.1, 0.15) is 17.7 Å². The third-order valence-corrected chi connectivity index (χ3v) is 13.7. The van der Waals surface area contributed by atoms with Crippen molar-refractivity contribution in [2.75, 3.05) is 79.5 Å². The molecule has 5 amide bonds. The van der Waals surface area contributed by atoms with Crippen LogP contribution in [-0.2, 0) is 20.7 Å². The molecule has 0 bridgehead atoms. The minimum Gasteiger partial charge on any atom is -0.381 e. The van der Waals surface area contributed by atoms with Crippen molar-refractivity contribution in [3.05, 3.63) is 112 Å². The molecule has 5 aliphatic heterocycles. The number of nitrogens with one attached hydrogen (secondary N) is 4. The Morgan fingerprint density at radius 3 is 2.21 bits per heavy atom. The molecule has 6 heterocycles. The van der Waals surface area contributed by atoms with Gasteiger partial charge in [-0.05, 0) is 116 Å². The van der Waals surface area contributed by atoms with Crippen LogP contribution in [0, 0.1) is 17.6 Å². The first kappa shape index (κ1) is 43.2. The van der Waals surface area contributed by atoms with Crippen molar-refractivity contribution in [1.82, 2.24) is 25.3 Å². The molecule has 1 aromatic heterocycles. The second-order valence-corrected chi connectivity index (χ2v) is 18.0. The molecule has 4 N–H and O–H groups in total. The van der Waals surface area contributed by atoms with Crippen LogP contribution in [0.1, 0.15) is 80.7 Å². The Hall–Kier alpha value is -6.72. The van der Waals surface area contributed by atoms with Crippen molar-refractivity contribution in [2.45, 2.75) is 57.0 Å². The minimum absolute atomic E-state index is 0.0786. The molecule has 0 aliphatic carbocycles. The van der Waals surface area contributed by atoms with Crippen molar-refractivity contribution < 1.29 is 37.5 Å². The van der Waals surface area contributed by atoms with E-state index < -0.39 is 41.3 Å². The lowest BCUT2D eigenvalue weighted by Gasteiger charge is -2.40. The van der Waals surface area contributed by atoms with Crippen LogP contribution in [0.15, 0.2) is 72.8 Å². The summed E-state index contributed by atoms with van der Waals surface area (Å²) < 4.78 is 33.4. The molecular weight excluding hydrogens is 849 g/mol. The lowest BCUT2D eigenvalue weighted by atomic mass is 9.95. The molecule has 0 spiro atoms. The summed E-state index contributed by atoms with van der Waals surface area (Å²) in [6.07, 6.45) is 4.21. The predicted octanol–water partition coefficient (Wildman–Crippen LogP) is 5.71. The van der Waals surface area contributed by atoms with Crippen LogP contribution in [0.5, 0.6) is 0 Å². The van der Waals surface area contributed by atoms with Gasteiger partial charge in [-0.1, -0.05) is 6.07 Å². The van der Waals surface area contributed by atoms with E-state index in [1.54, 1.807) is 12.1 Å². The smallest absolute Gasteiger partial charge is 0.262 e. The number of nitrogens with zero attached hydrogens (tertiary/aromatic N) is 5. The van der Waals surface area contributed by atoms with Crippen molar-refractivity contribution in [1.29, 1.82) is 0 Å². The maximum absolute atomic E-state index is 14.1. The molecule has 342 valence electrons. The van der Waals surface area contributed by atoms with Crippen LogP contribution in [0.2, 0.25) is 0 Å². The number of aromatic amines is 1. The van der Waals surface area contributed by atoms with E-state index in [-0.39, 0.29) is 30.4 Å². The third-order valence-electron chi connectivity index (χ3n) is 13.7. The van der Waals surface area contributed by atoms with Gasteiger partial charge in [-0.3, -0.25) is 44.2 Å². The number of benzene rings is 4. The highest BCUT2D eigenvalue weighted by molar-refractivity contribution is 6.23. The first-order chi connectivity index (χ1) is 32.0.